The van der Waals surface area contributed by atoms with Gasteiger partial charge in [-0.3, -0.25) is 0 Å². The van der Waals surface area contributed by atoms with Crippen molar-refractivity contribution in [1.29, 1.82) is 5.26 Å². The predicted molar refractivity (Wildman–Crippen MR) is 60.7 cm³/mol. The summed E-state index contributed by atoms with van der Waals surface area (Å²) in [5.41, 5.74) is 2.49. The summed E-state index contributed by atoms with van der Waals surface area (Å²) < 4.78 is 0. The fourth-order valence-corrected chi connectivity index (χ4v) is 1.37. The minimum absolute atomic E-state index is 0.0137. The Hall–Kier alpha value is -1.53. The smallest absolute Gasteiger partial charge is 0.101 e. The normalized spacial score (nSPS) is 11.9. The average Bonchev–Trinajstić information content (AvgIpc) is 2.27. The molecule has 0 aliphatic rings. The van der Waals surface area contributed by atoms with Crippen LogP contribution in [-0.2, 0) is 0 Å². The number of benzene rings is 1. The number of hydrogen-bond acceptors (Lipinski definition) is 3. The summed E-state index contributed by atoms with van der Waals surface area (Å²) >= 11 is 0. The molecular weight excluding hydrogens is 188 g/mol. The van der Waals surface area contributed by atoms with Gasteiger partial charge in [-0.1, -0.05) is 13.0 Å². The highest BCUT2D eigenvalue weighted by molar-refractivity contribution is 5.59. The first kappa shape index (κ1) is 11.5. The Morgan fingerprint density at radius 2 is 2.27 bits per heavy atom. The first-order valence-electron chi connectivity index (χ1n) is 5.09. The molecule has 1 unspecified atom stereocenters. The first-order chi connectivity index (χ1) is 7.21. The quantitative estimate of drug-likeness (QED) is 0.789. The third-order valence-corrected chi connectivity index (χ3v) is 2.37. The van der Waals surface area contributed by atoms with E-state index in [1.807, 2.05) is 32.0 Å². The standard InChI is InChI=1S/C12H16N2O/c1-3-11(8-15)14-12-5-4-9(2)6-10(12)7-13/h4-6,11,14-15H,3,8H2,1-2H3. The summed E-state index contributed by atoms with van der Waals surface area (Å²) in [4.78, 5) is 0. The molecule has 0 spiro atoms. The highest BCUT2D eigenvalue weighted by atomic mass is 16.3. The number of hydrogen-bond donors (Lipinski definition) is 2. The summed E-state index contributed by atoms with van der Waals surface area (Å²) in [6, 6.07) is 7.83. The Morgan fingerprint density at radius 1 is 1.53 bits per heavy atom. The van der Waals surface area contributed by atoms with Crippen LogP contribution in [-0.4, -0.2) is 17.8 Å². The zero-order valence-corrected chi connectivity index (χ0v) is 9.12. The van der Waals surface area contributed by atoms with E-state index >= 15 is 0 Å². The van der Waals surface area contributed by atoms with Crippen molar-refractivity contribution in [2.24, 2.45) is 0 Å². The lowest BCUT2D eigenvalue weighted by Gasteiger charge is -2.16. The molecule has 0 aromatic heterocycles. The molecule has 1 atom stereocenters. The molecule has 0 aliphatic carbocycles. The molecule has 0 saturated carbocycles. The molecule has 15 heavy (non-hydrogen) atoms. The van der Waals surface area contributed by atoms with Crippen molar-refractivity contribution in [1.82, 2.24) is 0 Å². The van der Waals surface area contributed by atoms with Crippen LogP contribution in [0.3, 0.4) is 0 Å². The summed E-state index contributed by atoms with van der Waals surface area (Å²) in [5, 5.41) is 21.2. The predicted octanol–water partition coefficient (Wildman–Crippen LogP) is 2.05. The SMILES string of the molecule is CCC(CO)Nc1ccc(C)cc1C#N. The molecule has 1 aromatic carbocycles. The van der Waals surface area contributed by atoms with Gasteiger partial charge in [0, 0.05) is 6.04 Å². The van der Waals surface area contributed by atoms with Gasteiger partial charge in [-0.05, 0) is 31.0 Å². The van der Waals surface area contributed by atoms with E-state index in [4.69, 9.17) is 10.4 Å². The van der Waals surface area contributed by atoms with E-state index in [9.17, 15) is 0 Å². The van der Waals surface area contributed by atoms with Gasteiger partial charge in [0.1, 0.15) is 6.07 Å². The van der Waals surface area contributed by atoms with Crippen LogP contribution in [0.1, 0.15) is 24.5 Å². The number of anilines is 1. The second-order valence-electron chi connectivity index (χ2n) is 3.59. The van der Waals surface area contributed by atoms with Crippen LogP contribution in [0.4, 0.5) is 5.69 Å². The van der Waals surface area contributed by atoms with Crippen LogP contribution in [0.25, 0.3) is 0 Å². The van der Waals surface area contributed by atoms with Crippen molar-refractivity contribution < 1.29 is 5.11 Å². The van der Waals surface area contributed by atoms with Crippen LogP contribution in [0.5, 0.6) is 0 Å². The van der Waals surface area contributed by atoms with Crippen molar-refractivity contribution in [3.05, 3.63) is 29.3 Å². The van der Waals surface area contributed by atoms with Crippen molar-refractivity contribution in [3.63, 3.8) is 0 Å². The monoisotopic (exact) mass is 204 g/mol. The van der Waals surface area contributed by atoms with E-state index in [2.05, 4.69) is 11.4 Å². The lowest BCUT2D eigenvalue weighted by Crippen LogP contribution is -2.23. The van der Waals surface area contributed by atoms with E-state index in [-0.39, 0.29) is 12.6 Å². The number of aliphatic hydroxyl groups excluding tert-OH is 1. The van der Waals surface area contributed by atoms with Crippen LogP contribution in [0.2, 0.25) is 0 Å². The fraction of sp³-hybridized carbons (Fsp3) is 0.417. The van der Waals surface area contributed by atoms with Gasteiger partial charge in [-0.25, -0.2) is 0 Å². The van der Waals surface area contributed by atoms with Crippen LogP contribution in [0.15, 0.2) is 18.2 Å². The number of aliphatic hydroxyl groups is 1. The van der Waals surface area contributed by atoms with Gasteiger partial charge in [0.25, 0.3) is 0 Å². The second kappa shape index (κ2) is 5.38. The van der Waals surface area contributed by atoms with Crippen molar-refractivity contribution in [2.45, 2.75) is 26.3 Å². The molecule has 1 aromatic rings. The van der Waals surface area contributed by atoms with Crippen LogP contribution in [0, 0.1) is 18.3 Å². The Balaban J connectivity index is 2.90. The Bertz CT molecular complexity index is 364. The van der Waals surface area contributed by atoms with E-state index in [0.717, 1.165) is 17.7 Å². The fourth-order valence-electron chi connectivity index (χ4n) is 1.37. The van der Waals surface area contributed by atoms with Crippen molar-refractivity contribution >= 4 is 5.69 Å². The van der Waals surface area contributed by atoms with E-state index < -0.39 is 0 Å². The molecule has 0 aliphatic heterocycles. The van der Waals surface area contributed by atoms with Gasteiger partial charge in [-0.15, -0.1) is 0 Å². The average molecular weight is 204 g/mol. The van der Waals surface area contributed by atoms with Gasteiger partial charge in [0.2, 0.25) is 0 Å². The molecule has 80 valence electrons. The number of nitrogens with zero attached hydrogens (tertiary/aromatic N) is 1. The van der Waals surface area contributed by atoms with Crippen LogP contribution < -0.4 is 5.32 Å². The summed E-state index contributed by atoms with van der Waals surface area (Å²) in [6.45, 7) is 4.03. The van der Waals surface area contributed by atoms with Crippen molar-refractivity contribution in [2.75, 3.05) is 11.9 Å². The number of aryl methyl sites for hydroxylation is 1. The maximum Gasteiger partial charge on any atom is 0.101 e. The maximum absolute atomic E-state index is 9.06. The Labute approximate surface area is 90.4 Å². The molecule has 0 heterocycles. The summed E-state index contributed by atoms with van der Waals surface area (Å²) in [5.74, 6) is 0. The lowest BCUT2D eigenvalue weighted by atomic mass is 10.1. The Kier molecular flexibility index (Phi) is 4.14. The Morgan fingerprint density at radius 3 is 2.80 bits per heavy atom. The first-order valence-corrected chi connectivity index (χ1v) is 5.09. The molecule has 3 nitrogen and oxygen atoms in total. The third-order valence-electron chi connectivity index (χ3n) is 2.37. The van der Waals surface area contributed by atoms with Gasteiger partial charge >= 0.3 is 0 Å². The molecule has 0 bridgehead atoms. The minimum atomic E-state index is 0.0137. The molecular formula is C12H16N2O. The topological polar surface area (TPSA) is 56.0 Å². The minimum Gasteiger partial charge on any atom is -0.394 e. The highest BCUT2D eigenvalue weighted by Crippen LogP contribution is 2.17. The maximum atomic E-state index is 9.06. The van der Waals surface area contributed by atoms with E-state index in [0.29, 0.717) is 5.56 Å². The molecule has 3 heteroatoms. The molecule has 0 amide bonds. The highest BCUT2D eigenvalue weighted by Gasteiger charge is 2.07. The van der Waals surface area contributed by atoms with E-state index in [1.165, 1.54) is 0 Å². The molecule has 0 fully saturated rings. The van der Waals surface area contributed by atoms with Gasteiger partial charge in [-0.2, -0.15) is 5.26 Å². The molecule has 1 rings (SSSR count). The lowest BCUT2D eigenvalue weighted by molar-refractivity contribution is 0.272. The van der Waals surface area contributed by atoms with Gasteiger partial charge < -0.3 is 10.4 Å². The van der Waals surface area contributed by atoms with Gasteiger partial charge in [0.05, 0.1) is 17.9 Å². The number of nitrogens with one attached hydrogen (secondary N) is 1. The van der Waals surface area contributed by atoms with E-state index in [1.54, 1.807) is 0 Å². The molecule has 0 radical (unpaired) electrons. The summed E-state index contributed by atoms with van der Waals surface area (Å²) in [7, 11) is 0. The zero-order valence-electron chi connectivity index (χ0n) is 9.12. The summed E-state index contributed by atoms with van der Waals surface area (Å²) in [6.07, 6.45) is 0.829. The largest absolute Gasteiger partial charge is 0.394 e. The van der Waals surface area contributed by atoms with Crippen LogP contribution >= 0.6 is 0 Å². The number of nitriles is 1. The third kappa shape index (κ3) is 2.97. The molecule has 2 N–H and O–H groups in total. The zero-order chi connectivity index (χ0) is 11.3. The molecule has 0 saturated heterocycles. The van der Waals surface area contributed by atoms with Gasteiger partial charge in [0.15, 0.2) is 0 Å². The number of rotatable bonds is 4. The van der Waals surface area contributed by atoms with Crippen molar-refractivity contribution in [3.8, 4) is 6.07 Å². The second-order valence-corrected chi connectivity index (χ2v) is 3.59.